The third-order valence-electron chi connectivity index (χ3n) is 3.74. The Morgan fingerprint density at radius 2 is 2.17 bits per heavy atom. The summed E-state index contributed by atoms with van der Waals surface area (Å²) in [5, 5.41) is 17.2. The lowest BCUT2D eigenvalue weighted by molar-refractivity contribution is 0.275. The van der Waals surface area contributed by atoms with Gasteiger partial charge in [-0.05, 0) is 37.3 Å². The second-order valence-corrected chi connectivity index (χ2v) is 5.11. The first-order chi connectivity index (χ1) is 8.83. The molecule has 0 aliphatic carbocycles. The molecule has 1 fully saturated rings. The van der Waals surface area contributed by atoms with Crippen molar-refractivity contribution in [3.63, 3.8) is 0 Å². The molecule has 1 saturated heterocycles. The van der Waals surface area contributed by atoms with Crippen molar-refractivity contribution in [1.29, 1.82) is 0 Å². The highest BCUT2D eigenvalue weighted by Crippen LogP contribution is 2.24. The fourth-order valence-corrected chi connectivity index (χ4v) is 2.70. The van der Waals surface area contributed by atoms with Crippen LogP contribution in [-0.2, 0) is 6.61 Å². The van der Waals surface area contributed by atoms with Crippen molar-refractivity contribution in [2.45, 2.75) is 45.6 Å². The average Bonchev–Trinajstić information content (AvgIpc) is 2.65. The van der Waals surface area contributed by atoms with Gasteiger partial charge in [0.2, 0.25) is 0 Å². The maximum Gasteiger partial charge on any atom is 0.151 e. The van der Waals surface area contributed by atoms with Gasteiger partial charge in [0.05, 0.1) is 12.3 Å². The molecule has 0 amide bonds. The minimum absolute atomic E-state index is 0.0359. The Bertz CT molecular complexity index is 353. The maximum absolute atomic E-state index is 8.96. The van der Waals surface area contributed by atoms with E-state index in [0.29, 0.717) is 5.69 Å². The van der Waals surface area contributed by atoms with Crippen molar-refractivity contribution in [3.05, 3.63) is 17.8 Å². The summed E-state index contributed by atoms with van der Waals surface area (Å²) in [7, 11) is 0. The molecule has 100 valence electrons. The second kappa shape index (κ2) is 6.69. The molecule has 1 aliphatic heterocycles. The minimum atomic E-state index is -0.0359. The minimum Gasteiger partial charge on any atom is -0.390 e. The van der Waals surface area contributed by atoms with Crippen molar-refractivity contribution >= 4 is 5.82 Å². The number of hydrogen-bond acceptors (Lipinski definition) is 4. The zero-order valence-electron chi connectivity index (χ0n) is 11.2. The van der Waals surface area contributed by atoms with Gasteiger partial charge in [-0.25, -0.2) is 0 Å². The van der Waals surface area contributed by atoms with E-state index in [1.807, 2.05) is 12.1 Å². The summed E-state index contributed by atoms with van der Waals surface area (Å²) in [6, 6.07) is 3.83. The Balaban J connectivity index is 1.96. The molecule has 0 aromatic carbocycles. The maximum atomic E-state index is 8.96. The zero-order chi connectivity index (χ0) is 12.8. The van der Waals surface area contributed by atoms with E-state index in [4.69, 9.17) is 5.11 Å². The molecule has 2 heterocycles. The van der Waals surface area contributed by atoms with Crippen molar-refractivity contribution in [2.75, 3.05) is 18.0 Å². The third-order valence-corrected chi connectivity index (χ3v) is 3.74. The number of aliphatic hydroxyl groups is 1. The first-order valence-electron chi connectivity index (χ1n) is 7.02. The number of anilines is 1. The van der Waals surface area contributed by atoms with Gasteiger partial charge in [-0.2, -0.15) is 5.10 Å². The van der Waals surface area contributed by atoms with E-state index in [1.165, 1.54) is 32.1 Å². The van der Waals surface area contributed by atoms with Crippen LogP contribution in [0.3, 0.4) is 0 Å². The predicted molar refractivity (Wildman–Crippen MR) is 72.4 cm³/mol. The Kier molecular flexibility index (Phi) is 4.93. The molecule has 1 atom stereocenters. The molecule has 0 bridgehead atoms. The van der Waals surface area contributed by atoms with Crippen LogP contribution in [0.2, 0.25) is 0 Å². The van der Waals surface area contributed by atoms with Crippen LogP contribution in [0.5, 0.6) is 0 Å². The molecular weight excluding hydrogens is 226 g/mol. The summed E-state index contributed by atoms with van der Waals surface area (Å²) >= 11 is 0. The Labute approximate surface area is 109 Å². The number of hydrogen-bond donors (Lipinski definition) is 1. The van der Waals surface area contributed by atoms with E-state index in [2.05, 4.69) is 22.0 Å². The van der Waals surface area contributed by atoms with Crippen molar-refractivity contribution < 1.29 is 5.11 Å². The smallest absolute Gasteiger partial charge is 0.151 e. The van der Waals surface area contributed by atoms with Crippen LogP contribution in [0.15, 0.2) is 12.1 Å². The van der Waals surface area contributed by atoms with Crippen LogP contribution in [0, 0.1) is 5.92 Å². The number of nitrogens with zero attached hydrogens (tertiary/aromatic N) is 3. The second-order valence-electron chi connectivity index (χ2n) is 5.11. The van der Waals surface area contributed by atoms with E-state index < -0.39 is 0 Å². The van der Waals surface area contributed by atoms with Crippen molar-refractivity contribution in [3.8, 4) is 0 Å². The van der Waals surface area contributed by atoms with Gasteiger partial charge in [-0.15, -0.1) is 5.10 Å². The fraction of sp³-hybridized carbons (Fsp3) is 0.714. The van der Waals surface area contributed by atoms with Gasteiger partial charge in [0.15, 0.2) is 5.82 Å². The highest BCUT2D eigenvalue weighted by atomic mass is 16.3. The number of rotatable bonds is 4. The summed E-state index contributed by atoms with van der Waals surface area (Å²) in [6.45, 7) is 4.39. The van der Waals surface area contributed by atoms with Crippen molar-refractivity contribution in [1.82, 2.24) is 10.2 Å². The van der Waals surface area contributed by atoms with E-state index in [-0.39, 0.29) is 6.61 Å². The quantitative estimate of drug-likeness (QED) is 0.890. The van der Waals surface area contributed by atoms with Gasteiger partial charge in [-0.3, -0.25) is 0 Å². The lowest BCUT2D eigenvalue weighted by atomic mass is 9.96. The Morgan fingerprint density at radius 1 is 1.28 bits per heavy atom. The highest BCUT2D eigenvalue weighted by Gasteiger charge is 2.17. The van der Waals surface area contributed by atoms with Crippen LogP contribution >= 0.6 is 0 Å². The monoisotopic (exact) mass is 249 g/mol. The molecule has 1 aliphatic rings. The molecule has 0 saturated carbocycles. The first kappa shape index (κ1) is 13.3. The SMILES string of the molecule is CCCC1CCCN(c2ccc(CO)nn2)CC1. The average molecular weight is 249 g/mol. The van der Waals surface area contributed by atoms with Crippen LogP contribution in [0.25, 0.3) is 0 Å². The molecule has 0 radical (unpaired) electrons. The Morgan fingerprint density at radius 3 is 2.83 bits per heavy atom. The zero-order valence-corrected chi connectivity index (χ0v) is 11.2. The van der Waals surface area contributed by atoms with Gasteiger partial charge in [0, 0.05) is 13.1 Å². The summed E-state index contributed by atoms with van der Waals surface area (Å²) in [4.78, 5) is 2.32. The van der Waals surface area contributed by atoms with Crippen molar-refractivity contribution in [2.24, 2.45) is 5.92 Å². The lowest BCUT2D eigenvalue weighted by Crippen LogP contribution is -2.25. The molecule has 1 N–H and O–H groups in total. The predicted octanol–water partition coefficient (Wildman–Crippen LogP) is 2.38. The summed E-state index contributed by atoms with van der Waals surface area (Å²) in [6.07, 6.45) is 6.48. The number of aromatic nitrogens is 2. The van der Waals surface area contributed by atoms with E-state index in [1.54, 1.807) is 0 Å². The van der Waals surface area contributed by atoms with Gasteiger partial charge in [0.25, 0.3) is 0 Å². The normalized spacial score (nSPS) is 20.8. The van der Waals surface area contributed by atoms with E-state index >= 15 is 0 Å². The van der Waals surface area contributed by atoms with Crippen LogP contribution in [0.1, 0.15) is 44.7 Å². The largest absolute Gasteiger partial charge is 0.390 e. The summed E-state index contributed by atoms with van der Waals surface area (Å²) < 4.78 is 0. The summed E-state index contributed by atoms with van der Waals surface area (Å²) in [5.41, 5.74) is 0.637. The molecule has 4 heteroatoms. The van der Waals surface area contributed by atoms with Gasteiger partial charge >= 0.3 is 0 Å². The molecule has 4 nitrogen and oxygen atoms in total. The Hall–Kier alpha value is -1.16. The van der Waals surface area contributed by atoms with Gasteiger partial charge in [-0.1, -0.05) is 19.8 Å². The topological polar surface area (TPSA) is 49.2 Å². The molecule has 2 rings (SSSR count). The molecular formula is C14H23N3O. The van der Waals surface area contributed by atoms with Crippen LogP contribution in [-0.4, -0.2) is 28.4 Å². The summed E-state index contributed by atoms with van der Waals surface area (Å²) in [5.74, 6) is 1.83. The van der Waals surface area contributed by atoms with E-state index in [9.17, 15) is 0 Å². The molecule has 1 unspecified atom stereocenters. The third kappa shape index (κ3) is 3.42. The molecule has 0 spiro atoms. The van der Waals surface area contributed by atoms with Crippen LogP contribution in [0.4, 0.5) is 5.82 Å². The van der Waals surface area contributed by atoms with Gasteiger partial charge < -0.3 is 10.0 Å². The molecule has 1 aromatic heterocycles. The molecule has 18 heavy (non-hydrogen) atoms. The van der Waals surface area contributed by atoms with Crippen LogP contribution < -0.4 is 4.90 Å². The first-order valence-corrected chi connectivity index (χ1v) is 7.02. The fourth-order valence-electron chi connectivity index (χ4n) is 2.70. The standard InChI is InChI=1S/C14H23N3O/c1-2-4-12-5-3-9-17(10-8-12)14-7-6-13(11-18)15-16-14/h6-7,12,18H,2-5,8-11H2,1H3. The van der Waals surface area contributed by atoms with Gasteiger partial charge in [0.1, 0.15) is 0 Å². The number of aliphatic hydroxyl groups excluding tert-OH is 1. The lowest BCUT2D eigenvalue weighted by Gasteiger charge is -2.21. The highest BCUT2D eigenvalue weighted by molar-refractivity contribution is 5.37. The van der Waals surface area contributed by atoms with E-state index in [0.717, 1.165) is 24.8 Å². The molecule has 1 aromatic rings.